The van der Waals surface area contributed by atoms with E-state index < -0.39 is 0 Å². The number of hydrogen-bond donors (Lipinski definition) is 0. The van der Waals surface area contributed by atoms with Crippen LogP contribution in [0, 0.1) is 0 Å². The molecule has 7 rings (SSSR count). The number of dihydropyridines is 1. The number of allylic oxidation sites excluding steroid dienone is 1. The van der Waals surface area contributed by atoms with Gasteiger partial charge >= 0.3 is 0 Å². The minimum atomic E-state index is 0.162. The summed E-state index contributed by atoms with van der Waals surface area (Å²) in [6.45, 7) is 2.14. The Balaban J connectivity index is 1.36. The Morgan fingerprint density at radius 2 is 1.00 bits per heavy atom. The lowest BCUT2D eigenvalue weighted by molar-refractivity contribution is 0.661. The van der Waals surface area contributed by atoms with Crippen LogP contribution in [0.15, 0.2) is 139 Å². The van der Waals surface area contributed by atoms with E-state index in [0.29, 0.717) is 17.5 Å². The van der Waals surface area contributed by atoms with Crippen LogP contribution in [0.25, 0.3) is 56.4 Å². The van der Waals surface area contributed by atoms with Gasteiger partial charge in [0.05, 0.1) is 6.04 Å². The molecule has 0 saturated carbocycles. The second-order valence-corrected chi connectivity index (χ2v) is 10.5. The summed E-state index contributed by atoms with van der Waals surface area (Å²) in [5, 5.41) is 0. The number of hydrogen-bond acceptors (Lipinski definition) is 6. The van der Waals surface area contributed by atoms with Gasteiger partial charge in [-0.3, -0.25) is 15.0 Å². The van der Waals surface area contributed by atoms with E-state index >= 15 is 0 Å². The Bertz CT molecular complexity index is 1850. The third kappa shape index (κ3) is 5.63. The number of nitrogens with zero attached hydrogens (tertiary/aromatic N) is 6. The Morgan fingerprint density at radius 1 is 0.512 bits per heavy atom. The molecule has 2 atom stereocenters. The average Bonchev–Trinajstić information content (AvgIpc) is 3.09. The van der Waals surface area contributed by atoms with Gasteiger partial charge in [0, 0.05) is 64.7 Å². The maximum Gasteiger partial charge on any atom is 0.164 e. The van der Waals surface area contributed by atoms with E-state index in [1.54, 1.807) is 12.4 Å². The molecular formula is C37H28N6. The SMILES string of the molecule is C[C@@H]1N=CC=CC1c1cccc(-c2nc(-c3cccc(-c4cccnc4)c3)nc(-c3cccc(-c4cccnc4)c3)n2)c1. The van der Waals surface area contributed by atoms with Crippen molar-refractivity contribution in [1.29, 1.82) is 0 Å². The molecule has 1 aliphatic heterocycles. The van der Waals surface area contributed by atoms with Crippen LogP contribution in [0.4, 0.5) is 0 Å². The Morgan fingerprint density at radius 3 is 1.51 bits per heavy atom. The molecule has 6 heteroatoms. The van der Waals surface area contributed by atoms with Crippen LogP contribution in [-0.4, -0.2) is 37.2 Å². The van der Waals surface area contributed by atoms with Crippen molar-refractivity contribution >= 4 is 6.21 Å². The lowest BCUT2D eigenvalue weighted by Gasteiger charge is -2.20. The normalized spacial score (nSPS) is 15.8. The largest absolute Gasteiger partial charge is 0.289 e. The van der Waals surface area contributed by atoms with Crippen molar-refractivity contribution in [1.82, 2.24) is 24.9 Å². The minimum Gasteiger partial charge on any atom is -0.289 e. The highest BCUT2D eigenvalue weighted by atomic mass is 15.0. The smallest absolute Gasteiger partial charge is 0.164 e. The maximum atomic E-state index is 5.02. The van der Waals surface area contributed by atoms with Crippen molar-refractivity contribution in [3.05, 3.63) is 140 Å². The Kier molecular flexibility index (Phi) is 7.15. The molecule has 0 N–H and O–H groups in total. The van der Waals surface area contributed by atoms with E-state index in [-0.39, 0.29) is 12.0 Å². The minimum absolute atomic E-state index is 0.162. The summed E-state index contributed by atoms with van der Waals surface area (Å²) in [6, 6.07) is 33.1. The van der Waals surface area contributed by atoms with E-state index in [1.807, 2.05) is 61.1 Å². The molecule has 6 aromatic rings. The van der Waals surface area contributed by atoms with Gasteiger partial charge in [-0.25, -0.2) is 15.0 Å². The predicted molar refractivity (Wildman–Crippen MR) is 172 cm³/mol. The molecule has 206 valence electrons. The highest BCUT2D eigenvalue weighted by molar-refractivity contribution is 5.75. The number of pyridine rings is 2. The van der Waals surface area contributed by atoms with Crippen molar-refractivity contribution in [2.24, 2.45) is 4.99 Å². The van der Waals surface area contributed by atoms with E-state index in [1.165, 1.54) is 5.56 Å². The highest BCUT2D eigenvalue weighted by Crippen LogP contribution is 2.32. The molecule has 1 unspecified atom stereocenters. The summed E-state index contributed by atoms with van der Waals surface area (Å²) < 4.78 is 0. The van der Waals surface area contributed by atoms with E-state index in [4.69, 9.17) is 15.0 Å². The lowest BCUT2D eigenvalue weighted by Crippen LogP contribution is -2.14. The van der Waals surface area contributed by atoms with Crippen LogP contribution in [-0.2, 0) is 0 Å². The molecule has 0 spiro atoms. The fraction of sp³-hybridized carbons (Fsp3) is 0.0811. The first-order chi connectivity index (χ1) is 21.2. The maximum absolute atomic E-state index is 5.02. The van der Waals surface area contributed by atoms with E-state index in [9.17, 15) is 0 Å². The molecule has 0 saturated heterocycles. The van der Waals surface area contributed by atoms with Crippen LogP contribution >= 0.6 is 0 Å². The van der Waals surface area contributed by atoms with Crippen molar-refractivity contribution in [3.63, 3.8) is 0 Å². The van der Waals surface area contributed by atoms with E-state index in [2.05, 4.69) is 88.6 Å². The molecule has 3 aromatic carbocycles. The van der Waals surface area contributed by atoms with Gasteiger partial charge in [0.2, 0.25) is 0 Å². The fourth-order valence-corrected chi connectivity index (χ4v) is 5.39. The molecule has 0 aliphatic carbocycles. The van der Waals surface area contributed by atoms with Crippen molar-refractivity contribution in [3.8, 4) is 56.4 Å². The first-order valence-electron chi connectivity index (χ1n) is 14.3. The average molecular weight is 557 g/mol. The number of benzene rings is 3. The molecule has 0 radical (unpaired) electrons. The van der Waals surface area contributed by atoms with Gasteiger partial charge < -0.3 is 0 Å². The summed E-state index contributed by atoms with van der Waals surface area (Å²) >= 11 is 0. The first-order valence-corrected chi connectivity index (χ1v) is 14.3. The van der Waals surface area contributed by atoms with E-state index in [0.717, 1.165) is 38.9 Å². The molecule has 4 heterocycles. The zero-order chi connectivity index (χ0) is 29.0. The molecule has 0 fully saturated rings. The number of rotatable bonds is 6. The Hall–Kier alpha value is -5.62. The molecule has 0 bridgehead atoms. The van der Waals surface area contributed by atoms with Gasteiger partial charge in [0.1, 0.15) is 0 Å². The van der Waals surface area contributed by atoms with Gasteiger partial charge in [-0.05, 0) is 60.0 Å². The molecule has 3 aromatic heterocycles. The quantitative estimate of drug-likeness (QED) is 0.207. The van der Waals surface area contributed by atoms with Crippen LogP contribution in [0.5, 0.6) is 0 Å². The summed E-state index contributed by atoms with van der Waals surface area (Å²) in [5.41, 5.74) is 8.10. The lowest BCUT2D eigenvalue weighted by atomic mass is 9.90. The monoisotopic (exact) mass is 556 g/mol. The van der Waals surface area contributed by atoms with Gasteiger partial charge in [0.25, 0.3) is 0 Å². The Labute approximate surface area is 250 Å². The summed E-state index contributed by atoms with van der Waals surface area (Å²) in [5.74, 6) is 2.03. The van der Waals surface area contributed by atoms with Crippen LogP contribution in [0.1, 0.15) is 18.4 Å². The zero-order valence-corrected chi connectivity index (χ0v) is 23.6. The topological polar surface area (TPSA) is 76.8 Å². The number of aliphatic imine (C=N–C) groups is 1. The molecule has 6 nitrogen and oxygen atoms in total. The standard InChI is InChI=1S/C37H28N6/c1-25-34(16-7-19-40-25)28-10-4-13-31(22-28)37-42-35(29-11-2-8-26(20-29)32-14-5-17-38-23-32)41-36(43-37)30-12-3-9-27(21-30)33-15-6-18-39-24-33/h2-25,34H,1H3/t25-,34?/m0/s1. The predicted octanol–water partition coefficient (Wildman–Crippen LogP) is 8.11. The van der Waals surface area contributed by atoms with Crippen molar-refractivity contribution in [2.45, 2.75) is 18.9 Å². The molecular weight excluding hydrogens is 528 g/mol. The fourth-order valence-electron chi connectivity index (χ4n) is 5.39. The van der Waals surface area contributed by atoms with Crippen molar-refractivity contribution < 1.29 is 0 Å². The van der Waals surface area contributed by atoms with Gasteiger partial charge in [0.15, 0.2) is 17.5 Å². The van der Waals surface area contributed by atoms with Crippen LogP contribution in [0.2, 0.25) is 0 Å². The third-order valence-electron chi connectivity index (χ3n) is 7.64. The second kappa shape index (κ2) is 11.7. The molecule has 43 heavy (non-hydrogen) atoms. The second-order valence-electron chi connectivity index (χ2n) is 10.5. The summed E-state index contributed by atoms with van der Waals surface area (Å²) in [6.07, 6.45) is 13.4. The highest BCUT2D eigenvalue weighted by Gasteiger charge is 2.19. The first kappa shape index (κ1) is 26.3. The summed E-state index contributed by atoms with van der Waals surface area (Å²) in [4.78, 5) is 28.3. The molecule has 0 amide bonds. The van der Waals surface area contributed by atoms with Gasteiger partial charge in [-0.2, -0.15) is 0 Å². The number of aromatic nitrogens is 5. The van der Waals surface area contributed by atoms with Crippen LogP contribution in [0.3, 0.4) is 0 Å². The van der Waals surface area contributed by atoms with Crippen molar-refractivity contribution in [2.75, 3.05) is 0 Å². The van der Waals surface area contributed by atoms with Gasteiger partial charge in [-0.1, -0.05) is 72.8 Å². The van der Waals surface area contributed by atoms with Gasteiger partial charge in [-0.15, -0.1) is 0 Å². The van der Waals surface area contributed by atoms with Crippen LogP contribution < -0.4 is 0 Å². The zero-order valence-electron chi connectivity index (χ0n) is 23.6. The third-order valence-corrected chi connectivity index (χ3v) is 7.64. The molecule has 1 aliphatic rings. The summed E-state index contributed by atoms with van der Waals surface area (Å²) in [7, 11) is 0.